The summed E-state index contributed by atoms with van der Waals surface area (Å²) in [5.41, 5.74) is 3.61. The van der Waals surface area contributed by atoms with Crippen LogP contribution in [0, 0.1) is 6.92 Å². The van der Waals surface area contributed by atoms with Crippen LogP contribution in [0.2, 0.25) is 0 Å². The van der Waals surface area contributed by atoms with E-state index in [0.29, 0.717) is 16.5 Å². The number of ketones is 1. The predicted molar refractivity (Wildman–Crippen MR) is 126 cm³/mol. The summed E-state index contributed by atoms with van der Waals surface area (Å²) >= 11 is 1.37. The molecule has 0 amide bonds. The fourth-order valence-corrected chi connectivity index (χ4v) is 4.15. The van der Waals surface area contributed by atoms with Crippen molar-refractivity contribution in [2.45, 2.75) is 12.1 Å². The van der Waals surface area contributed by atoms with Crippen molar-refractivity contribution in [2.75, 3.05) is 20.0 Å². The maximum absolute atomic E-state index is 12.7. The second kappa shape index (κ2) is 9.70. The van der Waals surface area contributed by atoms with E-state index in [0.717, 1.165) is 28.3 Å². The molecule has 4 rings (SSSR count). The molecule has 0 saturated carbocycles. The third-order valence-electron chi connectivity index (χ3n) is 5.08. The van der Waals surface area contributed by atoms with Crippen LogP contribution in [0.5, 0.6) is 11.5 Å². The molecule has 0 saturated heterocycles. The zero-order chi connectivity index (χ0) is 22.5. The van der Waals surface area contributed by atoms with E-state index >= 15 is 0 Å². The Labute approximate surface area is 191 Å². The van der Waals surface area contributed by atoms with Crippen molar-refractivity contribution in [1.82, 2.24) is 14.8 Å². The van der Waals surface area contributed by atoms with Gasteiger partial charge in [-0.3, -0.25) is 9.36 Å². The topological polar surface area (TPSA) is 66.2 Å². The van der Waals surface area contributed by atoms with Crippen molar-refractivity contribution in [3.05, 3.63) is 83.9 Å². The van der Waals surface area contributed by atoms with Gasteiger partial charge in [0, 0.05) is 11.1 Å². The SMILES string of the molecule is COc1ccc(C(=O)CSc2nnc(-c3ccc(OC)cc3)n2-c2ccccc2C)cc1. The van der Waals surface area contributed by atoms with Gasteiger partial charge < -0.3 is 9.47 Å². The monoisotopic (exact) mass is 445 g/mol. The molecule has 1 heterocycles. The molecule has 0 radical (unpaired) electrons. The molecule has 0 atom stereocenters. The van der Waals surface area contributed by atoms with Crippen LogP contribution in [0.4, 0.5) is 0 Å². The quantitative estimate of drug-likeness (QED) is 0.273. The van der Waals surface area contributed by atoms with E-state index in [1.54, 1.807) is 38.5 Å². The fraction of sp³-hybridized carbons (Fsp3) is 0.160. The Balaban J connectivity index is 1.66. The van der Waals surface area contributed by atoms with Gasteiger partial charge in [0.2, 0.25) is 0 Å². The van der Waals surface area contributed by atoms with Gasteiger partial charge in [-0.05, 0) is 67.1 Å². The Kier molecular flexibility index (Phi) is 6.56. The Bertz CT molecular complexity index is 1220. The highest BCUT2D eigenvalue weighted by molar-refractivity contribution is 7.99. The third-order valence-corrected chi connectivity index (χ3v) is 6.01. The number of aryl methyl sites for hydroxylation is 1. The summed E-state index contributed by atoms with van der Waals surface area (Å²) < 4.78 is 12.4. The maximum atomic E-state index is 12.7. The van der Waals surface area contributed by atoms with Gasteiger partial charge in [0.1, 0.15) is 11.5 Å². The molecule has 162 valence electrons. The number of carbonyl (C=O) groups is 1. The van der Waals surface area contributed by atoms with Gasteiger partial charge in [-0.25, -0.2) is 0 Å². The molecule has 0 fully saturated rings. The summed E-state index contributed by atoms with van der Waals surface area (Å²) in [7, 11) is 3.24. The molecule has 0 aliphatic rings. The van der Waals surface area contributed by atoms with E-state index in [2.05, 4.69) is 10.2 Å². The molecule has 32 heavy (non-hydrogen) atoms. The van der Waals surface area contributed by atoms with Crippen LogP contribution >= 0.6 is 11.8 Å². The van der Waals surface area contributed by atoms with E-state index in [9.17, 15) is 4.79 Å². The number of rotatable bonds is 8. The Hall–Kier alpha value is -3.58. The van der Waals surface area contributed by atoms with Gasteiger partial charge >= 0.3 is 0 Å². The third kappa shape index (κ3) is 4.53. The van der Waals surface area contributed by atoms with Gasteiger partial charge in [-0.2, -0.15) is 0 Å². The first-order chi connectivity index (χ1) is 15.6. The molecule has 3 aromatic carbocycles. The number of carbonyl (C=O) groups excluding carboxylic acids is 1. The Morgan fingerprint density at radius 3 is 2.12 bits per heavy atom. The van der Waals surface area contributed by atoms with Crippen LogP contribution in [0.25, 0.3) is 17.1 Å². The molecule has 6 nitrogen and oxygen atoms in total. The van der Waals surface area contributed by atoms with Crippen LogP contribution in [0.3, 0.4) is 0 Å². The highest BCUT2D eigenvalue weighted by atomic mass is 32.2. The number of hydrogen-bond acceptors (Lipinski definition) is 6. The summed E-state index contributed by atoms with van der Waals surface area (Å²) in [6.07, 6.45) is 0. The molecule has 0 spiro atoms. The summed E-state index contributed by atoms with van der Waals surface area (Å²) in [5.74, 6) is 2.47. The first-order valence-corrected chi connectivity index (χ1v) is 11.0. The number of ether oxygens (including phenoxy) is 2. The van der Waals surface area contributed by atoms with E-state index in [-0.39, 0.29) is 11.5 Å². The lowest BCUT2D eigenvalue weighted by Gasteiger charge is -2.13. The predicted octanol–water partition coefficient (Wildman–Crippen LogP) is 5.23. The second-order valence-corrected chi connectivity index (χ2v) is 8.04. The average molecular weight is 446 g/mol. The summed E-state index contributed by atoms with van der Waals surface area (Å²) in [4.78, 5) is 12.7. The fourth-order valence-electron chi connectivity index (χ4n) is 3.31. The standard InChI is InChI=1S/C25H23N3O3S/c1-17-6-4-5-7-22(17)28-24(19-10-14-21(31-3)15-11-19)26-27-25(28)32-16-23(29)18-8-12-20(30-2)13-9-18/h4-15H,16H2,1-3H3. The van der Waals surface area contributed by atoms with Crippen LogP contribution in [0.15, 0.2) is 78.0 Å². The smallest absolute Gasteiger partial charge is 0.196 e. The minimum Gasteiger partial charge on any atom is -0.497 e. The number of thioether (sulfide) groups is 1. The average Bonchev–Trinajstić information content (AvgIpc) is 3.26. The van der Waals surface area contributed by atoms with E-state index in [1.807, 2.05) is 60.0 Å². The van der Waals surface area contributed by atoms with Gasteiger partial charge in [-0.1, -0.05) is 30.0 Å². The van der Waals surface area contributed by atoms with Crippen molar-refractivity contribution in [1.29, 1.82) is 0 Å². The summed E-state index contributed by atoms with van der Waals surface area (Å²) in [6.45, 7) is 2.05. The molecular weight excluding hydrogens is 422 g/mol. The minimum atomic E-state index is 0.0167. The lowest BCUT2D eigenvalue weighted by molar-refractivity contribution is 0.102. The number of Topliss-reactive ketones (excluding diaryl/α,β-unsaturated/α-hetero) is 1. The number of methoxy groups -OCH3 is 2. The van der Waals surface area contributed by atoms with Crippen LogP contribution in [-0.2, 0) is 0 Å². The molecular formula is C25H23N3O3S. The molecule has 1 aromatic heterocycles. The second-order valence-electron chi connectivity index (χ2n) is 7.10. The van der Waals surface area contributed by atoms with E-state index in [4.69, 9.17) is 9.47 Å². The number of para-hydroxylation sites is 1. The van der Waals surface area contributed by atoms with Crippen molar-refractivity contribution in [3.63, 3.8) is 0 Å². The molecule has 4 aromatic rings. The first kappa shape index (κ1) is 21.6. The Morgan fingerprint density at radius 2 is 1.50 bits per heavy atom. The van der Waals surface area contributed by atoms with Crippen LogP contribution < -0.4 is 9.47 Å². The van der Waals surface area contributed by atoms with Gasteiger partial charge in [0.25, 0.3) is 0 Å². The normalized spacial score (nSPS) is 10.7. The zero-order valence-electron chi connectivity index (χ0n) is 18.1. The maximum Gasteiger partial charge on any atom is 0.196 e. The van der Waals surface area contributed by atoms with E-state index < -0.39 is 0 Å². The molecule has 0 aliphatic carbocycles. The number of aromatic nitrogens is 3. The zero-order valence-corrected chi connectivity index (χ0v) is 18.9. The highest BCUT2D eigenvalue weighted by Gasteiger charge is 2.19. The Morgan fingerprint density at radius 1 is 0.875 bits per heavy atom. The largest absolute Gasteiger partial charge is 0.497 e. The molecule has 0 unspecified atom stereocenters. The van der Waals surface area contributed by atoms with Gasteiger partial charge in [0.15, 0.2) is 16.8 Å². The summed E-state index contributed by atoms with van der Waals surface area (Å²) in [5, 5.41) is 9.53. The first-order valence-electron chi connectivity index (χ1n) is 10.1. The lowest BCUT2D eigenvalue weighted by Crippen LogP contribution is -2.06. The summed E-state index contributed by atoms with van der Waals surface area (Å²) in [6, 6.07) is 22.9. The van der Waals surface area contributed by atoms with Gasteiger partial charge in [0.05, 0.1) is 25.7 Å². The number of benzene rings is 3. The highest BCUT2D eigenvalue weighted by Crippen LogP contribution is 2.30. The molecule has 0 N–H and O–H groups in total. The lowest BCUT2D eigenvalue weighted by atomic mass is 10.1. The number of hydrogen-bond donors (Lipinski definition) is 0. The van der Waals surface area contributed by atoms with Crippen molar-refractivity contribution in [3.8, 4) is 28.6 Å². The molecule has 0 aliphatic heterocycles. The molecule has 0 bridgehead atoms. The minimum absolute atomic E-state index is 0.0167. The van der Waals surface area contributed by atoms with Crippen LogP contribution in [0.1, 0.15) is 15.9 Å². The number of nitrogens with zero attached hydrogens (tertiary/aromatic N) is 3. The van der Waals surface area contributed by atoms with Crippen molar-refractivity contribution >= 4 is 17.5 Å². The van der Waals surface area contributed by atoms with Crippen molar-refractivity contribution in [2.24, 2.45) is 0 Å². The van der Waals surface area contributed by atoms with Gasteiger partial charge in [-0.15, -0.1) is 10.2 Å². The molecule has 7 heteroatoms. The van der Waals surface area contributed by atoms with Crippen LogP contribution in [-0.4, -0.2) is 40.5 Å². The van der Waals surface area contributed by atoms with Crippen molar-refractivity contribution < 1.29 is 14.3 Å². The van der Waals surface area contributed by atoms with E-state index in [1.165, 1.54) is 11.8 Å².